The lowest BCUT2D eigenvalue weighted by molar-refractivity contribution is 0.189. The normalized spacial score (nSPS) is 22.0. The fourth-order valence-electron chi connectivity index (χ4n) is 4.08. The van der Waals surface area contributed by atoms with Crippen LogP contribution in [0.2, 0.25) is 0 Å². The van der Waals surface area contributed by atoms with Crippen LogP contribution >= 0.6 is 0 Å². The second-order valence-corrected chi connectivity index (χ2v) is 9.06. The molecule has 0 unspecified atom stereocenters. The number of rotatable bonds is 2. The van der Waals surface area contributed by atoms with Gasteiger partial charge in [0.25, 0.3) is 0 Å². The summed E-state index contributed by atoms with van der Waals surface area (Å²) in [5.74, 6) is 0. The van der Waals surface area contributed by atoms with E-state index < -0.39 is 14.8 Å². The zero-order valence-electron chi connectivity index (χ0n) is 14.0. The van der Waals surface area contributed by atoms with Crippen molar-refractivity contribution in [3.63, 3.8) is 0 Å². The van der Waals surface area contributed by atoms with Crippen molar-refractivity contribution < 1.29 is 8.42 Å². The minimum absolute atomic E-state index is 0.636. The van der Waals surface area contributed by atoms with E-state index in [1.54, 1.807) is 11.7 Å². The number of sulfonamides is 1. The van der Waals surface area contributed by atoms with Gasteiger partial charge < -0.3 is 0 Å². The predicted molar refractivity (Wildman–Crippen MR) is 93.2 cm³/mol. The first kappa shape index (κ1) is 15.7. The SMILES string of the molecule is CN1c2ccccc2C2(CCN(Cc3cnn(C)c3)CC2)S1(=O)=O. The van der Waals surface area contributed by atoms with Crippen molar-refractivity contribution in [3.05, 3.63) is 47.8 Å². The Balaban J connectivity index is 1.60. The lowest BCUT2D eigenvalue weighted by Crippen LogP contribution is -2.47. The maximum atomic E-state index is 13.1. The molecule has 6 nitrogen and oxygen atoms in total. The van der Waals surface area contributed by atoms with Crippen molar-refractivity contribution in [1.82, 2.24) is 14.7 Å². The Morgan fingerprint density at radius 1 is 1.17 bits per heavy atom. The molecule has 0 saturated carbocycles. The number of fused-ring (bicyclic) bond motifs is 2. The number of anilines is 1. The topological polar surface area (TPSA) is 58.4 Å². The summed E-state index contributed by atoms with van der Waals surface area (Å²) in [6.07, 6.45) is 5.16. The number of hydrogen-bond donors (Lipinski definition) is 0. The number of aromatic nitrogens is 2. The van der Waals surface area contributed by atoms with E-state index in [0.29, 0.717) is 12.8 Å². The van der Waals surface area contributed by atoms with Crippen molar-refractivity contribution in [2.24, 2.45) is 7.05 Å². The second kappa shape index (κ2) is 5.32. The molecule has 2 aliphatic heterocycles. The molecule has 0 N–H and O–H groups in total. The molecule has 128 valence electrons. The summed E-state index contributed by atoms with van der Waals surface area (Å²) >= 11 is 0. The summed E-state index contributed by atoms with van der Waals surface area (Å²) in [7, 11) is 0.231. The van der Waals surface area contributed by atoms with Crippen LogP contribution in [-0.2, 0) is 28.4 Å². The zero-order chi connectivity index (χ0) is 16.9. The van der Waals surface area contributed by atoms with Crippen molar-refractivity contribution in [2.45, 2.75) is 24.1 Å². The van der Waals surface area contributed by atoms with Gasteiger partial charge in [-0.15, -0.1) is 0 Å². The molecule has 1 aromatic carbocycles. The third-order valence-corrected chi connectivity index (χ3v) is 7.95. The van der Waals surface area contributed by atoms with E-state index in [-0.39, 0.29) is 0 Å². The van der Waals surface area contributed by atoms with Crippen molar-refractivity contribution in [3.8, 4) is 0 Å². The smallest absolute Gasteiger partial charge is 0.245 e. The molecule has 0 atom stereocenters. The van der Waals surface area contributed by atoms with E-state index >= 15 is 0 Å². The maximum Gasteiger partial charge on any atom is 0.245 e. The lowest BCUT2D eigenvalue weighted by atomic mass is 9.87. The third-order valence-electron chi connectivity index (χ3n) is 5.42. The summed E-state index contributed by atoms with van der Waals surface area (Å²) in [6.45, 7) is 2.37. The maximum absolute atomic E-state index is 13.1. The highest BCUT2D eigenvalue weighted by molar-refractivity contribution is 7.94. The van der Waals surface area contributed by atoms with Crippen LogP contribution in [0.5, 0.6) is 0 Å². The number of nitrogens with zero attached hydrogens (tertiary/aromatic N) is 4. The summed E-state index contributed by atoms with van der Waals surface area (Å²) in [5.41, 5.74) is 2.96. The largest absolute Gasteiger partial charge is 0.299 e. The van der Waals surface area contributed by atoms with Crippen LogP contribution in [0.15, 0.2) is 36.7 Å². The molecule has 0 radical (unpaired) electrons. The van der Waals surface area contributed by atoms with E-state index in [4.69, 9.17) is 0 Å². The molecule has 0 amide bonds. The fourth-order valence-corrected chi connectivity index (χ4v) is 6.17. The Morgan fingerprint density at radius 2 is 1.88 bits per heavy atom. The van der Waals surface area contributed by atoms with E-state index in [9.17, 15) is 8.42 Å². The Bertz CT molecular complexity index is 866. The highest BCUT2D eigenvalue weighted by Crippen LogP contribution is 2.51. The summed E-state index contributed by atoms with van der Waals surface area (Å²) in [5, 5.41) is 4.20. The molecule has 1 saturated heterocycles. The molecule has 2 aliphatic rings. The highest BCUT2D eigenvalue weighted by atomic mass is 32.2. The second-order valence-electron chi connectivity index (χ2n) is 6.78. The van der Waals surface area contributed by atoms with Gasteiger partial charge in [-0.25, -0.2) is 8.42 Å². The first-order valence-electron chi connectivity index (χ1n) is 8.22. The van der Waals surface area contributed by atoms with Gasteiger partial charge in [-0.05, 0) is 24.5 Å². The zero-order valence-corrected chi connectivity index (χ0v) is 14.8. The lowest BCUT2D eigenvalue weighted by Gasteiger charge is -2.38. The van der Waals surface area contributed by atoms with Gasteiger partial charge >= 0.3 is 0 Å². The molecule has 1 aromatic heterocycles. The number of benzene rings is 1. The number of hydrogen-bond acceptors (Lipinski definition) is 4. The van der Waals surface area contributed by atoms with Gasteiger partial charge in [0.15, 0.2) is 0 Å². The fraction of sp³-hybridized carbons (Fsp3) is 0.471. The summed E-state index contributed by atoms with van der Waals surface area (Å²) in [6, 6.07) is 7.73. The quantitative estimate of drug-likeness (QED) is 0.830. The van der Waals surface area contributed by atoms with Gasteiger partial charge in [-0.1, -0.05) is 18.2 Å². The Kier molecular flexibility index (Phi) is 3.47. The minimum Gasteiger partial charge on any atom is -0.299 e. The van der Waals surface area contributed by atoms with E-state index in [1.165, 1.54) is 9.87 Å². The molecule has 4 rings (SSSR count). The number of para-hydroxylation sites is 1. The molecule has 1 fully saturated rings. The molecular weight excluding hydrogens is 324 g/mol. The molecule has 7 heteroatoms. The Hall–Kier alpha value is -1.86. The Labute approximate surface area is 142 Å². The molecule has 0 aliphatic carbocycles. The van der Waals surface area contributed by atoms with E-state index in [1.807, 2.05) is 43.7 Å². The van der Waals surface area contributed by atoms with Crippen molar-refractivity contribution in [1.29, 1.82) is 0 Å². The van der Waals surface area contributed by atoms with Crippen LogP contribution in [0.1, 0.15) is 24.0 Å². The molecule has 24 heavy (non-hydrogen) atoms. The summed E-state index contributed by atoms with van der Waals surface area (Å²) < 4.78 is 28.7. The third kappa shape index (κ3) is 2.11. The van der Waals surface area contributed by atoms with Crippen LogP contribution in [-0.4, -0.2) is 43.2 Å². The predicted octanol–water partition coefficient (Wildman–Crippen LogP) is 1.69. The van der Waals surface area contributed by atoms with Crippen LogP contribution in [0, 0.1) is 0 Å². The van der Waals surface area contributed by atoms with Gasteiger partial charge in [-0.2, -0.15) is 5.10 Å². The number of aryl methyl sites for hydroxylation is 1. The van der Waals surface area contributed by atoms with Crippen LogP contribution in [0.25, 0.3) is 0 Å². The van der Waals surface area contributed by atoms with Gasteiger partial charge in [0, 0.05) is 45.5 Å². The van der Waals surface area contributed by atoms with Crippen molar-refractivity contribution >= 4 is 15.7 Å². The molecule has 3 heterocycles. The Morgan fingerprint density at radius 3 is 2.54 bits per heavy atom. The number of likely N-dealkylation sites (tertiary alicyclic amines) is 1. The first-order chi connectivity index (χ1) is 11.4. The van der Waals surface area contributed by atoms with E-state index in [0.717, 1.165) is 30.9 Å². The molecule has 2 aromatic rings. The highest BCUT2D eigenvalue weighted by Gasteiger charge is 2.55. The minimum atomic E-state index is -3.35. The molecule has 0 bridgehead atoms. The standard InChI is InChI=1S/C17H22N4O2S/c1-19-12-14(11-18-19)13-21-9-7-17(8-10-21)15-5-3-4-6-16(15)20(2)24(17,22)23/h3-6,11-12H,7-10,13H2,1-2H3. The average molecular weight is 346 g/mol. The first-order valence-corrected chi connectivity index (χ1v) is 9.66. The van der Waals surface area contributed by atoms with Gasteiger partial charge in [-0.3, -0.25) is 13.9 Å². The van der Waals surface area contributed by atoms with Gasteiger partial charge in [0.2, 0.25) is 10.0 Å². The van der Waals surface area contributed by atoms with Crippen molar-refractivity contribution in [2.75, 3.05) is 24.4 Å². The number of piperidine rings is 1. The average Bonchev–Trinajstić information content (AvgIpc) is 3.05. The van der Waals surface area contributed by atoms with E-state index in [2.05, 4.69) is 10.00 Å². The van der Waals surface area contributed by atoms with Crippen LogP contribution < -0.4 is 4.31 Å². The molecular formula is C17H22N4O2S. The van der Waals surface area contributed by atoms with Gasteiger partial charge in [0.1, 0.15) is 4.75 Å². The van der Waals surface area contributed by atoms with Crippen LogP contribution in [0.4, 0.5) is 5.69 Å². The summed E-state index contributed by atoms with van der Waals surface area (Å²) in [4.78, 5) is 2.32. The van der Waals surface area contributed by atoms with Crippen LogP contribution in [0.3, 0.4) is 0 Å². The molecule has 1 spiro atoms. The monoisotopic (exact) mass is 346 g/mol. The van der Waals surface area contributed by atoms with Gasteiger partial charge in [0.05, 0.1) is 11.9 Å².